The first-order chi connectivity index (χ1) is 17.5. The number of nitrogens with two attached hydrogens (primary N) is 1. The predicted molar refractivity (Wildman–Crippen MR) is 133 cm³/mol. The molecule has 184 valence electrons. The number of pyridine rings is 1. The number of hydrogen-bond donors (Lipinski definition) is 1. The van der Waals surface area contributed by atoms with Crippen LogP contribution in [-0.4, -0.2) is 40.4 Å². The van der Waals surface area contributed by atoms with Crippen LogP contribution < -0.4 is 15.5 Å². The summed E-state index contributed by atoms with van der Waals surface area (Å²) < 4.78 is 28.9. The van der Waals surface area contributed by atoms with E-state index in [1.54, 1.807) is 0 Å². The van der Waals surface area contributed by atoms with Gasteiger partial charge in [0.25, 0.3) is 0 Å². The van der Waals surface area contributed by atoms with Gasteiger partial charge in [-0.05, 0) is 67.3 Å². The number of rotatable bonds is 1. The molecular formula is C27H27F2N7. The van der Waals surface area contributed by atoms with Gasteiger partial charge < -0.3 is 15.5 Å². The molecule has 5 heterocycles. The third kappa shape index (κ3) is 3.18. The Hall–Kier alpha value is -3.46. The smallest absolute Gasteiger partial charge is 0.156 e. The summed E-state index contributed by atoms with van der Waals surface area (Å²) in [6, 6.07) is 5.97. The SMILES string of the molecule is N[C@@H]1c2c(F)ccc(F)c2CC12CCN(c1cnc3c(n1)CN=C3N1CCCc3ncccc31)CC2. The van der Waals surface area contributed by atoms with Crippen molar-refractivity contribution < 1.29 is 8.78 Å². The maximum atomic E-state index is 14.5. The highest BCUT2D eigenvalue weighted by Crippen LogP contribution is 2.52. The van der Waals surface area contributed by atoms with Crippen molar-refractivity contribution in [3.63, 3.8) is 0 Å². The molecule has 0 unspecified atom stereocenters. The van der Waals surface area contributed by atoms with Crippen molar-refractivity contribution in [3.05, 3.63) is 76.5 Å². The maximum Gasteiger partial charge on any atom is 0.156 e. The minimum Gasteiger partial charge on any atom is -0.355 e. The minimum absolute atomic E-state index is 0.321. The van der Waals surface area contributed by atoms with E-state index in [1.165, 1.54) is 12.1 Å². The van der Waals surface area contributed by atoms with Gasteiger partial charge in [0.05, 0.1) is 29.8 Å². The van der Waals surface area contributed by atoms with Gasteiger partial charge in [0, 0.05) is 37.4 Å². The van der Waals surface area contributed by atoms with E-state index in [1.807, 2.05) is 18.5 Å². The van der Waals surface area contributed by atoms with E-state index in [4.69, 9.17) is 20.7 Å². The van der Waals surface area contributed by atoms with Crippen molar-refractivity contribution >= 4 is 17.3 Å². The van der Waals surface area contributed by atoms with Crippen LogP contribution in [0.5, 0.6) is 0 Å². The summed E-state index contributed by atoms with van der Waals surface area (Å²) >= 11 is 0. The van der Waals surface area contributed by atoms with Crippen LogP contribution in [-0.2, 0) is 19.4 Å². The Bertz CT molecular complexity index is 1400. The van der Waals surface area contributed by atoms with E-state index in [9.17, 15) is 8.78 Å². The maximum absolute atomic E-state index is 14.5. The van der Waals surface area contributed by atoms with Gasteiger partial charge >= 0.3 is 0 Å². The highest BCUT2D eigenvalue weighted by atomic mass is 19.1. The van der Waals surface area contributed by atoms with Crippen molar-refractivity contribution in [2.24, 2.45) is 16.1 Å². The van der Waals surface area contributed by atoms with Gasteiger partial charge in [-0.1, -0.05) is 0 Å². The number of amidine groups is 1. The number of aromatic nitrogens is 3. The van der Waals surface area contributed by atoms with Crippen LogP contribution in [0.25, 0.3) is 0 Å². The number of aliphatic imine (C=N–C) groups is 1. The zero-order valence-corrected chi connectivity index (χ0v) is 19.9. The number of nitrogens with zero attached hydrogens (tertiary/aromatic N) is 6. The average Bonchev–Trinajstić information content (AvgIpc) is 3.46. The number of piperidine rings is 1. The van der Waals surface area contributed by atoms with E-state index >= 15 is 0 Å². The summed E-state index contributed by atoms with van der Waals surface area (Å²) in [5, 5.41) is 0. The number of anilines is 2. The van der Waals surface area contributed by atoms with Crippen molar-refractivity contribution in [1.82, 2.24) is 15.0 Å². The van der Waals surface area contributed by atoms with Crippen molar-refractivity contribution in [2.45, 2.75) is 44.7 Å². The Balaban J connectivity index is 1.10. The first-order valence-electron chi connectivity index (χ1n) is 12.6. The number of aryl methyl sites for hydroxylation is 1. The molecule has 0 radical (unpaired) electrons. The molecule has 1 fully saturated rings. The van der Waals surface area contributed by atoms with Gasteiger partial charge in [0.2, 0.25) is 0 Å². The molecule has 2 N–H and O–H groups in total. The molecule has 1 atom stereocenters. The first kappa shape index (κ1) is 21.8. The third-order valence-electron chi connectivity index (χ3n) is 8.46. The lowest BCUT2D eigenvalue weighted by Crippen LogP contribution is -2.44. The summed E-state index contributed by atoms with van der Waals surface area (Å²) in [6.07, 6.45) is 7.65. The molecule has 7 nitrogen and oxygen atoms in total. The van der Waals surface area contributed by atoms with Crippen LogP contribution in [0.2, 0.25) is 0 Å². The molecule has 9 heteroatoms. The third-order valence-corrected chi connectivity index (χ3v) is 8.46. The monoisotopic (exact) mass is 487 g/mol. The molecular weight excluding hydrogens is 460 g/mol. The standard InChI is InChI=1S/C27H27F2N7/c28-17-5-6-18(29)23-16(17)13-27(25(23)30)7-11-35(12-8-27)22-15-32-24-20(34-22)14-33-26(24)36-10-2-3-19-21(36)4-1-9-31-19/h1,4-6,9,15,25H,2-3,7-8,10-14,30H2/t25-/m1/s1. The highest BCUT2D eigenvalue weighted by Gasteiger charge is 2.48. The Kier molecular flexibility index (Phi) is 4.86. The van der Waals surface area contributed by atoms with Crippen LogP contribution in [0.4, 0.5) is 20.3 Å². The van der Waals surface area contributed by atoms with E-state index < -0.39 is 11.9 Å². The number of benzene rings is 1. The van der Waals surface area contributed by atoms with Crippen molar-refractivity contribution in [2.75, 3.05) is 29.4 Å². The second kappa shape index (κ2) is 8.03. The Morgan fingerprint density at radius 1 is 1.00 bits per heavy atom. The van der Waals surface area contributed by atoms with Gasteiger partial charge in [0.1, 0.15) is 23.1 Å². The largest absolute Gasteiger partial charge is 0.355 e. The van der Waals surface area contributed by atoms with Crippen molar-refractivity contribution in [3.8, 4) is 0 Å². The summed E-state index contributed by atoms with van der Waals surface area (Å²) in [5.74, 6) is 0.940. The topological polar surface area (TPSA) is 83.5 Å². The fourth-order valence-corrected chi connectivity index (χ4v) is 6.48. The van der Waals surface area contributed by atoms with E-state index in [2.05, 4.69) is 20.9 Å². The number of hydrogen-bond acceptors (Lipinski definition) is 7. The van der Waals surface area contributed by atoms with Crippen LogP contribution in [0.3, 0.4) is 0 Å². The van der Waals surface area contributed by atoms with Gasteiger partial charge in [-0.3, -0.25) is 9.98 Å². The Labute approximate surface area is 208 Å². The van der Waals surface area contributed by atoms with E-state index in [0.29, 0.717) is 24.1 Å². The van der Waals surface area contributed by atoms with Gasteiger partial charge in [-0.25, -0.2) is 18.7 Å². The minimum atomic E-state index is -0.491. The van der Waals surface area contributed by atoms with Gasteiger partial charge in [0.15, 0.2) is 5.84 Å². The summed E-state index contributed by atoms with van der Waals surface area (Å²) in [4.78, 5) is 23.5. The molecule has 0 saturated carbocycles. The molecule has 1 spiro atoms. The molecule has 3 aromatic rings. The van der Waals surface area contributed by atoms with Crippen molar-refractivity contribution in [1.29, 1.82) is 0 Å². The normalized spacial score (nSPS) is 21.9. The Morgan fingerprint density at radius 2 is 1.83 bits per heavy atom. The van der Waals surface area contributed by atoms with Crippen LogP contribution >= 0.6 is 0 Å². The molecule has 3 aliphatic heterocycles. The Morgan fingerprint density at radius 3 is 2.67 bits per heavy atom. The summed E-state index contributed by atoms with van der Waals surface area (Å²) in [5.41, 5.74) is 10.9. The van der Waals surface area contributed by atoms with Crippen LogP contribution in [0, 0.1) is 17.0 Å². The number of halogens is 2. The van der Waals surface area contributed by atoms with E-state index in [-0.39, 0.29) is 11.2 Å². The molecule has 36 heavy (non-hydrogen) atoms. The fourth-order valence-electron chi connectivity index (χ4n) is 6.48. The van der Waals surface area contributed by atoms with Crippen LogP contribution in [0.1, 0.15) is 53.5 Å². The summed E-state index contributed by atoms with van der Waals surface area (Å²) in [7, 11) is 0. The molecule has 4 aliphatic rings. The lowest BCUT2D eigenvalue weighted by atomic mass is 9.73. The van der Waals surface area contributed by atoms with E-state index in [0.717, 1.165) is 79.7 Å². The molecule has 0 bridgehead atoms. The second-order valence-electron chi connectivity index (χ2n) is 10.3. The van der Waals surface area contributed by atoms with Crippen LogP contribution in [0.15, 0.2) is 41.7 Å². The zero-order chi connectivity index (χ0) is 24.4. The first-order valence-corrected chi connectivity index (χ1v) is 12.6. The molecule has 2 aromatic heterocycles. The predicted octanol–water partition coefficient (Wildman–Crippen LogP) is 3.71. The molecule has 1 aliphatic carbocycles. The number of fused-ring (bicyclic) bond motifs is 3. The second-order valence-corrected chi connectivity index (χ2v) is 10.3. The molecule has 7 rings (SSSR count). The lowest BCUT2D eigenvalue weighted by molar-refractivity contribution is 0.185. The molecule has 0 amide bonds. The average molecular weight is 488 g/mol. The zero-order valence-electron chi connectivity index (χ0n) is 19.9. The highest BCUT2D eigenvalue weighted by molar-refractivity contribution is 6.11. The quantitative estimate of drug-likeness (QED) is 0.564. The van der Waals surface area contributed by atoms with Gasteiger partial charge in [-0.15, -0.1) is 0 Å². The fraction of sp³-hybridized carbons (Fsp3) is 0.407. The molecule has 1 aromatic carbocycles. The lowest BCUT2D eigenvalue weighted by Gasteiger charge is -2.42. The summed E-state index contributed by atoms with van der Waals surface area (Å²) in [6.45, 7) is 2.83. The van der Waals surface area contributed by atoms with Gasteiger partial charge in [-0.2, -0.15) is 0 Å². The molecule has 1 saturated heterocycles.